The minimum atomic E-state index is -0.401. The zero-order valence-corrected chi connectivity index (χ0v) is 12.3. The van der Waals surface area contributed by atoms with E-state index >= 15 is 0 Å². The van der Waals surface area contributed by atoms with E-state index in [2.05, 4.69) is 20.9 Å². The molecular formula is C12H15BrN2OS. The monoisotopic (exact) mass is 314 g/mol. The van der Waals surface area contributed by atoms with Crippen molar-refractivity contribution in [2.75, 3.05) is 0 Å². The van der Waals surface area contributed by atoms with Crippen LogP contribution in [0.25, 0.3) is 0 Å². The van der Waals surface area contributed by atoms with E-state index in [1.54, 1.807) is 17.5 Å². The Morgan fingerprint density at radius 3 is 2.88 bits per heavy atom. The second-order valence-electron chi connectivity index (χ2n) is 4.06. The predicted octanol–water partition coefficient (Wildman–Crippen LogP) is 3.22. The molecule has 0 amide bonds. The maximum absolute atomic E-state index is 10.1. The van der Waals surface area contributed by atoms with E-state index in [9.17, 15) is 5.11 Å². The van der Waals surface area contributed by atoms with Crippen molar-refractivity contribution in [3.63, 3.8) is 0 Å². The third-order valence-electron chi connectivity index (χ3n) is 2.77. The van der Waals surface area contributed by atoms with Gasteiger partial charge in [-0.25, -0.2) is 4.98 Å². The smallest absolute Gasteiger partial charge is 0.108 e. The molecule has 0 spiro atoms. The molecule has 92 valence electrons. The summed E-state index contributed by atoms with van der Waals surface area (Å²) in [6, 6.07) is 2.00. The standard InChI is InChI=1S/C12H15BrN2OS/c1-8-9(13)7-11(17-8)10(16)3-4-12-14-5-6-15(12)2/h5-7,10,16H,3-4H2,1-2H3. The molecule has 1 N–H and O–H groups in total. The van der Waals surface area contributed by atoms with Gasteiger partial charge in [0.1, 0.15) is 5.82 Å². The first-order valence-corrected chi connectivity index (χ1v) is 7.09. The number of imidazole rings is 1. The molecule has 0 fully saturated rings. The van der Waals surface area contributed by atoms with Gasteiger partial charge < -0.3 is 9.67 Å². The number of hydrogen-bond donors (Lipinski definition) is 1. The van der Waals surface area contributed by atoms with Crippen molar-refractivity contribution in [3.8, 4) is 0 Å². The van der Waals surface area contributed by atoms with Crippen molar-refractivity contribution in [1.82, 2.24) is 9.55 Å². The molecule has 1 atom stereocenters. The van der Waals surface area contributed by atoms with E-state index < -0.39 is 6.10 Å². The average molecular weight is 315 g/mol. The Labute approximate surface area is 113 Å². The molecule has 5 heteroatoms. The third-order valence-corrected chi connectivity index (χ3v) is 5.00. The van der Waals surface area contributed by atoms with E-state index in [1.807, 2.05) is 30.8 Å². The molecule has 0 saturated carbocycles. The first-order chi connectivity index (χ1) is 8.08. The number of thiophene rings is 1. The fourth-order valence-electron chi connectivity index (χ4n) is 1.69. The summed E-state index contributed by atoms with van der Waals surface area (Å²) in [6.45, 7) is 2.05. The van der Waals surface area contributed by atoms with Gasteiger partial charge in [-0.05, 0) is 35.3 Å². The molecule has 2 aromatic rings. The summed E-state index contributed by atoms with van der Waals surface area (Å²) in [7, 11) is 1.97. The maximum Gasteiger partial charge on any atom is 0.108 e. The van der Waals surface area contributed by atoms with Crippen LogP contribution >= 0.6 is 27.3 Å². The Morgan fingerprint density at radius 1 is 1.59 bits per heavy atom. The molecule has 0 radical (unpaired) electrons. The van der Waals surface area contributed by atoms with Crippen molar-refractivity contribution in [1.29, 1.82) is 0 Å². The minimum Gasteiger partial charge on any atom is -0.388 e. The SMILES string of the molecule is Cc1sc(C(O)CCc2nccn2C)cc1Br. The van der Waals surface area contributed by atoms with Gasteiger partial charge in [0.2, 0.25) is 0 Å². The highest BCUT2D eigenvalue weighted by atomic mass is 79.9. The van der Waals surface area contributed by atoms with Crippen LogP contribution in [0.3, 0.4) is 0 Å². The van der Waals surface area contributed by atoms with E-state index in [4.69, 9.17) is 0 Å². The molecule has 17 heavy (non-hydrogen) atoms. The second-order valence-corrected chi connectivity index (χ2v) is 6.20. The van der Waals surface area contributed by atoms with Gasteiger partial charge in [-0.1, -0.05) is 0 Å². The van der Waals surface area contributed by atoms with E-state index in [1.165, 1.54) is 4.88 Å². The van der Waals surface area contributed by atoms with Gasteiger partial charge in [0, 0.05) is 40.1 Å². The first kappa shape index (κ1) is 12.8. The minimum absolute atomic E-state index is 0.401. The number of halogens is 1. The van der Waals surface area contributed by atoms with Gasteiger partial charge >= 0.3 is 0 Å². The number of nitrogens with zero attached hydrogens (tertiary/aromatic N) is 2. The third kappa shape index (κ3) is 2.97. The van der Waals surface area contributed by atoms with Gasteiger partial charge in [0.25, 0.3) is 0 Å². The van der Waals surface area contributed by atoms with Crippen LogP contribution in [0.5, 0.6) is 0 Å². The van der Waals surface area contributed by atoms with Crippen LogP contribution in [0.15, 0.2) is 22.9 Å². The summed E-state index contributed by atoms with van der Waals surface area (Å²) in [5.41, 5.74) is 0. The van der Waals surface area contributed by atoms with Crippen LogP contribution in [-0.4, -0.2) is 14.7 Å². The lowest BCUT2D eigenvalue weighted by Crippen LogP contribution is -2.02. The van der Waals surface area contributed by atoms with E-state index in [-0.39, 0.29) is 0 Å². The molecule has 2 aromatic heterocycles. The lowest BCUT2D eigenvalue weighted by Gasteiger charge is -2.08. The van der Waals surface area contributed by atoms with Crippen LogP contribution in [0.4, 0.5) is 0 Å². The molecule has 0 aromatic carbocycles. The van der Waals surface area contributed by atoms with E-state index in [0.717, 1.165) is 21.6 Å². The largest absolute Gasteiger partial charge is 0.388 e. The van der Waals surface area contributed by atoms with Crippen molar-refractivity contribution in [3.05, 3.63) is 38.5 Å². The molecule has 0 bridgehead atoms. The second kappa shape index (κ2) is 5.33. The Hall–Kier alpha value is -0.650. The van der Waals surface area contributed by atoms with Gasteiger partial charge in [-0.15, -0.1) is 11.3 Å². The highest BCUT2D eigenvalue weighted by Crippen LogP contribution is 2.32. The molecule has 3 nitrogen and oxygen atoms in total. The number of aromatic nitrogens is 2. The quantitative estimate of drug-likeness (QED) is 0.941. The van der Waals surface area contributed by atoms with Gasteiger partial charge in [0.05, 0.1) is 6.10 Å². The lowest BCUT2D eigenvalue weighted by atomic mass is 10.1. The van der Waals surface area contributed by atoms with Crippen LogP contribution in [0.1, 0.15) is 28.1 Å². The highest BCUT2D eigenvalue weighted by molar-refractivity contribution is 9.10. The Kier molecular flexibility index (Phi) is 4.01. The summed E-state index contributed by atoms with van der Waals surface area (Å²) in [4.78, 5) is 6.47. The van der Waals surface area contributed by atoms with E-state index in [0.29, 0.717) is 6.42 Å². The molecule has 2 heterocycles. The molecule has 2 rings (SSSR count). The zero-order chi connectivity index (χ0) is 12.4. The Balaban J connectivity index is 1.98. The van der Waals surface area contributed by atoms with Crippen LogP contribution in [0.2, 0.25) is 0 Å². The Morgan fingerprint density at radius 2 is 2.35 bits per heavy atom. The molecule has 1 unspecified atom stereocenters. The molecule has 0 aliphatic rings. The number of rotatable bonds is 4. The summed E-state index contributed by atoms with van der Waals surface area (Å²) in [6.07, 6.45) is 4.80. The fraction of sp³-hybridized carbons (Fsp3) is 0.417. The normalized spacial score (nSPS) is 12.9. The zero-order valence-electron chi connectivity index (χ0n) is 9.85. The topological polar surface area (TPSA) is 38.1 Å². The number of aliphatic hydroxyl groups excluding tert-OH is 1. The summed E-state index contributed by atoms with van der Waals surface area (Å²) < 4.78 is 3.07. The highest BCUT2D eigenvalue weighted by Gasteiger charge is 2.13. The molecule has 0 saturated heterocycles. The fourth-order valence-corrected chi connectivity index (χ4v) is 3.27. The molecular weight excluding hydrogens is 300 g/mol. The summed E-state index contributed by atoms with van der Waals surface area (Å²) in [5.74, 6) is 1.01. The number of hydrogen-bond acceptors (Lipinski definition) is 3. The first-order valence-electron chi connectivity index (χ1n) is 5.48. The predicted molar refractivity (Wildman–Crippen MR) is 73.2 cm³/mol. The van der Waals surface area contributed by atoms with Crippen LogP contribution in [0, 0.1) is 6.92 Å². The van der Waals surface area contributed by atoms with Crippen molar-refractivity contribution < 1.29 is 5.11 Å². The van der Waals surface area contributed by atoms with Crippen LogP contribution < -0.4 is 0 Å². The van der Waals surface area contributed by atoms with Crippen molar-refractivity contribution in [2.45, 2.75) is 25.9 Å². The van der Waals surface area contributed by atoms with Gasteiger partial charge in [0.15, 0.2) is 0 Å². The van der Waals surface area contributed by atoms with Crippen LogP contribution in [-0.2, 0) is 13.5 Å². The maximum atomic E-state index is 10.1. The lowest BCUT2D eigenvalue weighted by molar-refractivity contribution is 0.170. The number of aryl methyl sites for hydroxylation is 3. The molecule has 0 aliphatic carbocycles. The van der Waals surface area contributed by atoms with Crippen molar-refractivity contribution >= 4 is 27.3 Å². The van der Waals surface area contributed by atoms with Gasteiger partial charge in [-0.2, -0.15) is 0 Å². The van der Waals surface area contributed by atoms with Crippen molar-refractivity contribution in [2.24, 2.45) is 7.05 Å². The summed E-state index contributed by atoms with van der Waals surface area (Å²) in [5, 5.41) is 10.1. The number of aliphatic hydroxyl groups is 1. The molecule has 0 aliphatic heterocycles. The van der Waals surface area contributed by atoms with Gasteiger partial charge in [-0.3, -0.25) is 0 Å². The average Bonchev–Trinajstić information content (AvgIpc) is 2.83. The Bertz CT molecular complexity index is 487. The summed E-state index contributed by atoms with van der Waals surface area (Å²) >= 11 is 5.11.